The van der Waals surface area contributed by atoms with Gasteiger partial charge in [0.2, 0.25) is 5.91 Å². The number of hydrogen-bond acceptors (Lipinski definition) is 3. The number of carbonyl (C=O) groups excluding carboxylic acids is 2. The molecule has 0 aliphatic rings. The number of halogens is 1. The molecule has 1 rings (SSSR count). The number of para-hydroxylation sites is 1. The minimum atomic E-state index is -0.596. The predicted octanol–water partition coefficient (Wildman–Crippen LogP) is 1.72. The van der Waals surface area contributed by atoms with Gasteiger partial charge < -0.3 is 16.4 Å². The summed E-state index contributed by atoms with van der Waals surface area (Å²) in [7, 11) is 0. The highest BCUT2D eigenvalue weighted by molar-refractivity contribution is 6.01. The van der Waals surface area contributed by atoms with Crippen LogP contribution in [0.4, 0.5) is 5.69 Å². The summed E-state index contributed by atoms with van der Waals surface area (Å²) in [5.74, 6) is -0.540. The lowest BCUT2D eigenvalue weighted by Gasteiger charge is -2.17. The van der Waals surface area contributed by atoms with E-state index in [0.717, 1.165) is 6.42 Å². The highest BCUT2D eigenvalue weighted by Gasteiger charge is 2.18. The molecule has 0 heterocycles. The number of amides is 2. The quantitative estimate of drug-likeness (QED) is 0.724. The summed E-state index contributed by atoms with van der Waals surface area (Å²) in [6.45, 7) is 5.55. The Morgan fingerprint density at radius 3 is 2.35 bits per heavy atom. The van der Waals surface area contributed by atoms with E-state index in [1.54, 1.807) is 31.2 Å². The molecule has 2 atom stereocenters. The summed E-state index contributed by atoms with van der Waals surface area (Å²) in [4.78, 5) is 23.8. The molecule has 0 bridgehead atoms. The van der Waals surface area contributed by atoms with Crippen LogP contribution >= 0.6 is 12.4 Å². The zero-order valence-corrected chi connectivity index (χ0v) is 12.8. The van der Waals surface area contributed by atoms with E-state index in [0.29, 0.717) is 11.3 Å². The van der Waals surface area contributed by atoms with Crippen LogP contribution in [-0.4, -0.2) is 23.9 Å². The molecule has 0 aliphatic carbocycles. The van der Waals surface area contributed by atoms with Gasteiger partial charge in [-0.15, -0.1) is 12.4 Å². The van der Waals surface area contributed by atoms with Gasteiger partial charge in [-0.05, 0) is 32.4 Å². The van der Waals surface area contributed by atoms with Crippen molar-refractivity contribution in [3.63, 3.8) is 0 Å². The molecule has 6 heteroatoms. The molecule has 5 nitrogen and oxygen atoms in total. The second-order valence-corrected chi connectivity index (χ2v) is 4.60. The number of nitrogen functional groups attached to an aromatic ring is 1. The Balaban J connectivity index is 0.00000361. The van der Waals surface area contributed by atoms with Crippen molar-refractivity contribution < 1.29 is 9.59 Å². The van der Waals surface area contributed by atoms with Crippen molar-refractivity contribution in [2.24, 2.45) is 0 Å². The van der Waals surface area contributed by atoms with Crippen LogP contribution in [0.3, 0.4) is 0 Å². The number of nitrogens with two attached hydrogens (primary N) is 1. The average Bonchev–Trinajstić information content (AvgIpc) is 2.38. The van der Waals surface area contributed by atoms with Gasteiger partial charge in [0.15, 0.2) is 0 Å². The molecular weight excluding hydrogens is 278 g/mol. The maximum absolute atomic E-state index is 12.0. The first kappa shape index (κ1) is 18.2. The van der Waals surface area contributed by atoms with Gasteiger partial charge in [0.1, 0.15) is 6.04 Å². The van der Waals surface area contributed by atoms with Crippen LogP contribution in [0, 0.1) is 0 Å². The first-order valence-electron chi connectivity index (χ1n) is 6.41. The molecule has 0 aliphatic heterocycles. The monoisotopic (exact) mass is 299 g/mol. The Morgan fingerprint density at radius 2 is 1.80 bits per heavy atom. The summed E-state index contributed by atoms with van der Waals surface area (Å²) < 4.78 is 0. The predicted molar refractivity (Wildman–Crippen MR) is 82.9 cm³/mol. The van der Waals surface area contributed by atoms with E-state index in [9.17, 15) is 9.59 Å². The summed E-state index contributed by atoms with van der Waals surface area (Å²) in [5, 5.41) is 5.45. The van der Waals surface area contributed by atoms with E-state index in [2.05, 4.69) is 10.6 Å². The van der Waals surface area contributed by atoms with Crippen LogP contribution in [0.5, 0.6) is 0 Å². The Morgan fingerprint density at radius 1 is 1.20 bits per heavy atom. The van der Waals surface area contributed by atoms with E-state index in [-0.39, 0.29) is 30.3 Å². The lowest BCUT2D eigenvalue weighted by atomic mass is 10.1. The third-order valence-corrected chi connectivity index (χ3v) is 2.95. The topological polar surface area (TPSA) is 84.2 Å². The third-order valence-electron chi connectivity index (χ3n) is 2.95. The van der Waals surface area contributed by atoms with E-state index in [1.165, 1.54) is 0 Å². The second kappa shape index (κ2) is 8.43. The molecule has 1 aromatic rings. The molecule has 2 amide bonds. The lowest BCUT2D eigenvalue weighted by molar-refractivity contribution is -0.123. The van der Waals surface area contributed by atoms with Crippen molar-refractivity contribution >= 4 is 29.9 Å². The van der Waals surface area contributed by atoms with Gasteiger partial charge >= 0.3 is 0 Å². The SMILES string of the molecule is CCC(C)NC(=O)C(C)NC(=O)c1ccccc1N.Cl. The molecule has 0 fully saturated rings. The minimum absolute atomic E-state index is 0. The third kappa shape index (κ3) is 5.09. The molecule has 1 aromatic carbocycles. The number of carbonyl (C=O) groups is 2. The highest BCUT2D eigenvalue weighted by atomic mass is 35.5. The van der Waals surface area contributed by atoms with Crippen LogP contribution in [0.2, 0.25) is 0 Å². The zero-order valence-electron chi connectivity index (χ0n) is 12.0. The molecule has 0 saturated carbocycles. The van der Waals surface area contributed by atoms with Gasteiger partial charge in [-0.2, -0.15) is 0 Å². The minimum Gasteiger partial charge on any atom is -0.398 e. The van der Waals surface area contributed by atoms with Crippen molar-refractivity contribution in [2.45, 2.75) is 39.3 Å². The fraction of sp³-hybridized carbons (Fsp3) is 0.429. The van der Waals surface area contributed by atoms with Crippen molar-refractivity contribution in [1.82, 2.24) is 10.6 Å². The van der Waals surface area contributed by atoms with Gasteiger partial charge in [0, 0.05) is 11.7 Å². The standard InChI is InChI=1S/C14H21N3O2.ClH/c1-4-9(2)16-13(18)10(3)17-14(19)11-7-5-6-8-12(11)15;/h5-10H,4,15H2,1-3H3,(H,16,18)(H,17,19);1H. The number of hydrogen-bond donors (Lipinski definition) is 3. The van der Waals surface area contributed by atoms with Crippen molar-refractivity contribution in [2.75, 3.05) is 5.73 Å². The van der Waals surface area contributed by atoms with Gasteiger partial charge in [-0.3, -0.25) is 9.59 Å². The largest absolute Gasteiger partial charge is 0.398 e. The molecule has 2 unspecified atom stereocenters. The fourth-order valence-corrected chi connectivity index (χ4v) is 1.51. The van der Waals surface area contributed by atoms with E-state index in [4.69, 9.17) is 5.73 Å². The maximum Gasteiger partial charge on any atom is 0.254 e. The Bertz CT molecular complexity index is 465. The summed E-state index contributed by atoms with van der Waals surface area (Å²) in [6.07, 6.45) is 0.845. The van der Waals surface area contributed by atoms with E-state index < -0.39 is 6.04 Å². The molecule has 0 radical (unpaired) electrons. The van der Waals surface area contributed by atoms with Crippen LogP contribution in [0.1, 0.15) is 37.6 Å². The average molecular weight is 300 g/mol. The molecular formula is C14H22ClN3O2. The Hall–Kier alpha value is -1.75. The van der Waals surface area contributed by atoms with Gasteiger partial charge in [-0.1, -0.05) is 19.1 Å². The number of benzene rings is 1. The molecule has 112 valence electrons. The van der Waals surface area contributed by atoms with Crippen molar-refractivity contribution in [1.29, 1.82) is 0 Å². The second-order valence-electron chi connectivity index (χ2n) is 4.60. The molecule has 0 spiro atoms. The van der Waals surface area contributed by atoms with Crippen LogP contribution in [-0.2, 0) is 4.79 Å². The molecule has 0 saturated heterocycles. The van der Waals surface area contributed by atoms with Gasteiger partial charge in [-0.25, -0.2) is 0 Å². The number of nitrogens with one attached hydrogen (secondary N) is 2. The lowest BCUT2D eigenvalue weighted by Crippen LogP contribution is -2.47. The first-order valence-corrected chi connectivity index (χ1v) is 6.41. The van der Waals surface area contributed by atoms with Gasteiger partial charge in [0.05, 0.1) is 5.56 Å². The van der Waals surface area contributed by atoms with Crippen molar-refractivity contribution in [3.8, 4) is 0 Å². The molecule has 0 aromatic heterocycles. The first-order chi connectivity index (χ1) is 8.95. The fourth-order valence-electron chi connectivity index (χ4n) is 1.51. The van der Waals surface area contributed by atoms with Crippen LogP contribution in [0.25, 0.3) is 0 Å². The van der Waals surface area contributed by atoms with Gasteiger partial charge in [0.25, 0.3) is 5.91 Å². The Kier molecular flexibility index (Phi) is 7.69. The normalized spacial score (nSPS) is 12.8. The smallest absolute Gasteiger partial charge is 0.254 e. The van der Waals surface area contributed by atoms with Crippen LogP contribution < -0.4 is 16.4 Å². The summed E-state index contributed by atoms with van der Waals surface area (Å²) in [6, 6.07) is 6.26. The molecule has 20 heavy (non-hydrogen) atoms. The summed E-state index contributed by atoms with van der Waals surface area (Å²) in [5.41, 5.74) is 6.49. The maximum atomic E-state index is 12.0. The zero-order chi connectivity index (χ0) is 14.4. The van der Waals surface area contributed by atoms with Crippen LogP contribution in [0.15, 0.2) is 24.3 Å². The van der Waals surface area contributed by atoms with E-state index >= 15 is 0 Å². The van der Waals surface area contributed by atoms with E-state index in [1.807, 2.05) is 13.8 Å². The number of rotatable bonds is 5. The summed E-state index contributed by atoms with van der Waals surface area (Å²) >= 11 is 0. The molecule has 4 N–H and O–H groups in total. The Labute approximate surface area is 125 Å². The highest BCUT2D eigenvalue weighted by Crippen LogP contribution is 2.10. The number of anilines is 1. The van der Waals surface area contributed by atoms with Crippen molar-refractivity contribution in [3.05, 3.63) is 29.8 Å².